The molecule has 76 valence electrons. The monoisotopic (exact) mass is 194 g/mol. The average molecular weight is 194 g/mol. The van der Waals surface area contributed by atoms with Crippen LogP contribution in [0.4, 0.5) is 10.1 Å². The maximum Gasteiger partial charge on any atom is 0.146 e. The molecule has 1 fully saturated rings. The maximum atomic E-state index is 13.6. The van der Waals surface area contributed by atoms with Gasteiger partial charge in [0.15, 0.2) is 0 Å². The number of nitrogens with two attached hydrogens (primary N) is 1. The first kappa shape index (κ1) is 9.46. The molecule has 0 bridgehead atoms. The highest BCUT2D eigenvalue weighted by Crippen LogP contribution is 2.31. The Hall–Kier alpha value is -1.09. The summed E-state index contributed by atoms with van der Waals surface area (Å²) >= 11 is 0. The molecule has 2 nitrogen and oxygen atoms in total. The zero-order valence-electron chi connectivity index (χ0n) is 8.33. The molecule has 1 aliphatic rings. The second-order valence-corrected chi connectivity index (χ2v) is 3.83. The smallest absolute Gasteiger partial charge is 0.146 e. The molecule has 1 aliphatic carbocycles. The van der Waals surface area contributed by atoms with E-state index in [1.807, 2.05) is 24.1 Å². The van der Waals surface area contributed by atoms with Gasteiger partial charge in [-0.3, -0.25) is 0 Å². The lowest BCUT2D eigenvalue weighted by Crippen LogP contribution is -2.20. The van der Waals surface area contributed by atoms with Gasteiger partial charge in [-0.2, -0.15) is 0 Å². The second kappa shape index (κ2) is 3.58. The first-order valence-electron chi connectivity index (χ1n) is 4.93. The summed E-state index contributed by atoms with van der Waals surface area (Å²) < 4.78 is 13.6. The zero-order valence-corrected chi connectivity index (χ0v) is 8.33. The summed E-state index contributed by atoms with van der Waals surface area (Å²) in [6.45, 7) is 0.393. The van der Waals surface area contributed by atoms with Crippen LogP contribution in [0.1, 0.15) is 18.4 Å². The molecule has 0 aromatic heterocycles. The molecule has 0 unspecified atom stereocenters. The molecule has 0 spiro atoms. The number of hydrogen-bond acceptors (Lipinski definition) is 2. The minimum Gasteiger partial charge on any atom is -0.369 e. The molecule has 1 saturated carbocycles. The van der Waals surface area contributed by atoms with E-state index >= 15 is 0 Å². The predicted octanol–water partition coefficient (Wildman–Crippen LogP) is 1.88. The van der Waals surface area contributed by atoms with Gasteiger partial charge in [-0.25, -0.2) is 4.39 Å². The van der Waals surface area contributed by atoms with Gasteiger partial charge in [0.1, 0.15) is 5.82 Å². The topological polar surface area (TPSA) is 29.3 Å². The Kier molecular flexibility index (Phi) is 2.42. The fourth-order valence-electron chi connectivity index (χ4n) is 1.62. The summed E-state index contributed by atoms with van der Waals surface area (Å²) in [7, 11) is 1.94. The van der Waals surface area contributed by atoms with Crippen molar-refractivity contribution in [3.63, 3.8) is 0 Å². The highest BCUT2D eigenvalue weighted by atomic mass is 19.1. The SMILES string of the molecule is CN(c1ccc(CN)cc1F)C1CC1. The van der Waals surface area contributed by atoms with Gasteiger partial charge in [-0.05, 0) is 30.5 Å². The Morgan fingerprint density at radius 1 is 1.50 bits per heavy atom. The van der Waals surface area contributed by atoms with Gasteiger partial charge in [0.05, 0.1) is 5.69 Å². The van der Waals surface area contributed by atoms with Crippen LogP contribution in [-0.4, -0.2) is 13.1 Å². The molecule has 1 aromatic carbocycles. The Bertz CT molecular complexity index is 334. The first-order chi connectivity index (χ1) is 6.72. The van der Waals surface area contributed by atoms with E-state index in [0.29, 0.717) is 18.3 Å². The minimum absolute atomic E-state index is 0.164. The fourth-order valence-corrected chi connectivity index (χ4v) is 1.62. The molecular formula is C11H15FN2. The molecule has 0 atom stereocenters. The predicted molar refractivity (Wildman–Crippen MR) is 55.7 cm³/mol. The number of hydrogen-bond donors (Lipinski definition) is 1. The van der Waals surface area contributed by atoms with Crippen molar-refractivity contribution in [1.29, 1.82) is 0 Å². The molecule has 0 radical (unpaired) electrons. The molecule has 0 amide bonds. The molecule has 0 heterocycles. The lowest BCUT2D eigenvalue weighted by Gasteiger charge is -2.19. The third kappa shape index (κ3) is 1.73. The van der Waals surface area contributed by atoms with Gasteiger partial charge in [0.25, 0.3) is 0 Å². The number of anilines is 1. The van der Waals surface area contributed by atoms with E-state index in [0.717, 1.165) is 5.56 Å². The number of rotatable bonds is 3. The average Bonchev–Trinajstić information content (AvgIpc) is 3.00. The molecule has 14 heavy (non-hydrogen) atoms. The van der Waals surface area contributed by atoms with Crippen LogP contribution in [0.3, 0.4) is 0 Å². The van der Waals surface area contributed by atoms with Gasteiger partial charge >= 0.3 is 0 Å². The van der Waals surface area contributed by atoms with Crippen LogP contribution in [0.15, 0.2) is 18.2 Å². The van der Waals surface area contributed by atoms with Crippen LogP contribution in [0.2, 0.25) is 0 Å². The summed E-state index contributed by atoms with van der Waals surface area (Å²) in [5.74, 6) is -0.164. The normalized spacial score (nSPS) is 15.6. The van der Waals surface area contributed by atoms with Crippen molar-refractivity contribution in [2.24, 2.45) is 5.73 Å². The van der Waals surface area contributed by atoms with Gasteiger partial charge in [-0.15, -0.1) is 0 Å². The molecule has 1 aromatic rings. The Labute approximate surface area is 83.5 Å². The van der Waals surface area contributed by atoms with Crippen LogP contribution in [0.5, 0.6) is 0 Å². The van der Waals surface area contributed by atoms with Gasteiger partial charge in [0.2, 0.25) is 0 Å². The Morgan fingerprint density at radius 2 is 2.21 bits per heavy atom. The number of nitrogens with zero attached hydrogens (tertiary/aromatic N) is 1. The lowest BCUT2D eigenvalue weighted by molar-refractivity contribution is 0.619. The standard InChI is InChI=1S/C11H15FN2/c1-14(9-3-4-9)11-5-2-8(7-13)6-10(11)12/h2,5-6,9H,3-4,7,13H2,1H3. The van der Waals surface area contributed by atoms with Crippen molar-refractivity contribution in [3.05, 3.63) is 29.6 Å². The van der Waals surface area contributed by atoms with E-state index in [9.17, 15) is 4.39 Å². The zero-order chi connectivity index (χ0) is 10.1. The van der Waals surface area contributed by atoms with E-state index in [4.69, 9.17) is 5.73 Å². The Balaban J connectivity index is 2.24. The van der Waals surface area contributed by atoms with Crippen molar-refractivity contribution < 1.29 is 4.39 Å². The number of halogens is 1. The fraction of sp³-hybridized carbons (Fsp3) is 0.455. The molecule has 2 rings (SSSR count). The third-order valence-corrected chi connectivity index (χ3v) is 2.72. The molecule has 0 saturated heterocycles. The van der Waals surface area contributed by atoms with Gasteiger partial charge in [-0.1, -0.05) is 6.07 Å². The highest BCUT2D eigenvalue weighted by molar-refractivity contribution is 5.50. The van der Waals surface area contributed by atoms with Gasteiger partial charge in [0, 0.05) is 19.6 Å². The highest BCUT2D eigenvalue weighted by Gasteiger charge is 2.27. The van der Waals surface area contributed by atoms with Crippen molar-refractivity contribution in [2.75, 3.05) is 11.9 Å². The minimum atomic E-state index is -0.164. The lowest BCUT2D eigenvalue weighted by atomic mass is 10.2. The van der Waals surface area contributed by atoms with Crippen LogP contribution in [-0.2, 0) is 6.54 Å². The first-order valence-corrected chi connectivity index (χ1v) is 4.93. The molecular weight excluding hydrogens is 179 g/mol. The van der Waals surface area contributed by atoms with Gasteiger partial charge < -0.3 is 10.6 Å². The molecule has 2 N–H and O–H groups in total. The van der Waals surface area contributed by atoms with Crippen LogP contribution >= 0.6 is 0 Å². The quantitative estimate of drug-likeness (QED) is 0.796. The molecule has 3 heteroatoms. The van der Waals surface area contributed by atoms with Crippen molar-refractivity contribution in [1.82, 2.24) is 0 Å². The van der Waals surface area contributed by atoms with E-state index in [1.165, 1.54) is 18.9 Å². The number of benzene rings is 1. The van der Waals surface area contributed by atoms with E-state index < -0.39 is 0 Å². The second-order valence-electron chi connectivity index (χ2n) is 3.83. The van der Waals surface area contributed by atoms with E-state index in [-0.39, 0.29) is 5.82 Å². The summed E-state index contributed by atoms with van der Waals surface area (Å²) in [5, 5.41) is 0. The van der Waals surface area contributed by atoms with Crippen LogP contribution < -0.4 is 10.6 Å². The third-order valence-electron chi connectivity index (χ3n) is 2.72. The van der Waals surface area contributed by atoms with Crippen molar-refractivity contribution in [3.8, 4) is 0 Å². The van der Waals surface area contributed by atoms with Crippen molar-refractivity contribution >= 4 is 5.69 Å². The van der Waals surface area contributed by atoms with E-state index in [1.54, 1.807) is 0 Å². The largest absolute Gasteiger partial charge is 0.369 e. The maximum absolute atomic E-state index is 13.6. The molecule has 0 aliphatic heterocycles. The van der Waals surface area contributed by atoms with Crippen LogP contribution in [0, 0.1) is 5.82 Å². The summed E-state index contributed by atoms with van der Waals surface area (Å²) in [6.07, 6.45) is 2.35. The Morgan fingerprint density at radius 3 is 2.71 bits per heavy atom. The summed E-state index contributed by atoms with van der Waals surface area (Å²) in [6, 6.07) is 5.76. The summed E-state index contributed by atoms with van der Waals surface area (Å²) in [4.78, 5) is 2.01. The van der Waals surface area contributed by atoms with Crippen molar-refractivity contribution in [2.45, 2.75) is 25.4 Å². The van der Waals surface area contributed by atoms with E-state index in [2.05, 4.69) is 0 Å². The summed E-state index contributed by atoms with van der Waals surface area (Å²) in [5.41, 5.74) is 6.96. The van der Waals surface area contributed by atoms with Crippen LogP contribution in [0.25, 0.3) is 0 Å².